The SMILES string of the molecule is BrC1CCCCC2CC=CC=C12. The molecule has 0 nitrogen and oxygen atoms in total. The normalized spacial score (nSPS) is 35.2. The zero-order valence-corrected chi connectivity index (χ0v) is 8.89. The molecule has 0 radical (unpaired) electrons. The van der Waals surface area contributed by atoms with Crippen LogP contribution in [0.1, 0.15) is 32.1 Å². The second kappa shape index (κ2) is 3.78. The Hall–Kier alpha value is -0.0400. The Balaban J connectivity index is 2.19. The molecule has 2 atom stereocenters. The van der Waals surface area contributed by atoms with Crippen LogP contribution in [0.15, 0.2) is 23.8 Å². The lowest BCUT2D eigenvalue weighted by atomic mass is 9.88. The van der Waals surface area contributed by atoms with Gasteiger partial charge in [0.15, 0.2) is 0 Å². The predicted molar refractivity (Wildman–Crippen MR) is 56.5 cm³/mol. The quantitative estimate of drug-likeness (QED) is 0.552. The zero-order chi connectivity index (χ0) is 8.39. The number of fused-ring (bicyclic) bond motifs is 1. The Morgan fingerprint density at radius 2 is 2.08 bits per heavy atom. The third-order valence-electron chi connectivity index (χ3n) is 2.94. The number of hydrogen-bond acceptors (Lipinski definition) is 0. The first-order chi connectivity index (χ1) is 5.88. The minimum atomic E-state index is 0.662. The molecule has 0 spiro atoms. The summed E-state index contributed by atoms with van der Waals surface area (Å²) in [5.74, 6) is 0.849. The molecule has 1 heteroatoms. The fourth-order valence-corrected chi connectivity index (χ4v) is 3.07. The highest BCUT2D eigenvalue weighted by Crippen LogP contribution is 2.36. The molecule has 0 aromatic heterocycles. The largest absolute Gasteiger partial charge is 0.0842 e. The minimum absolute atomic E-state index is 0.662. The molecule has 0 heterocycles. The van der Waals surface area contributed by atoms with Crippen LogP contribution >= 0.6 is 15.9 Å². The maximum absolute atomic E-state index is 3.78. The van der Waals surface area contributed by atoms with E-state index in [-0.39, 0.29) is 0 Å². The molecule has 66 valence electrons. The van der Waals surface area contributed by atoms with Gasteiger partial charge in [-0.15, -0.1) is 0 Å². The fraction of sp³-hybridized carbons (Fsp3) is 0.636. The van der Waals surface area contributed by atoms with Gasteiger partial charge < -0.3 is 0 Å². The molecule has 2 unspecified atom stereocenters. The predicted octanol–water partition coefficient (Wildman–Crippen LogP) is 3.83. The second-order valence-electron chi connectivity index (χ2n) is 3.78. The first-order valence-corrected chi connectivity index (χ1v) is 5.80. The number of alkyl halides is 1. The highest BCUT2D eigenvalue weighted by Gasteiger charge is 2.23. The van der Waals surface area contributed by atoms with Gasteiger partial charge in [0.2, 0.25) is 0 Å². The van der Waals surface area contributed by atoms with Crippen molar-refractivity contribution in [3.8, 4) is 0 Å². The molecule has 0 N–H and O–H groups in total. The van der Waals surface area contributed by atoms with Crippen LogP contribution in [0.25, 0.3) is 0 Å². The number of halogens is 1. The molecule has 0 amide bonds. The van der Waals surface area contributed by atoms with Gasteiger partial charge in [0.25, 0.3) is 0 Å². The zero-order valence-electron chi connectivity index (χ0n) is 7.30. The molecule has 0 bridgehead atoms. The summed E-state index contributed by atoms with van der Waals surface area (Å²) in [6.07, 6.45) is 13.6. The van der Waals surface area contributed by atoms with Gasteiger partial charge >= 0.3 is 0 Å². The van der Waals surface area contributed by atoms with E-state index in [1.165, 1.54) is 32.1 Å². The van der Waals surface area contributed by atoms with Gasteiger partial charge in [-0.2, -0.15) is 0 Å². The summed E-state index contributed by atoms with van der Waals surface area (Å²) >= 11 is 3.78. The summed E-state index contributed by atoms with van der Waals surface area (Å²) < 4.78 is 0. The average Bonchev–Trinajstić information content (AvgIpc) is 2.29. The third-order valence-corrected chi connectivity index (χ3v) is 3.93. The highest BCUT2D eigenvalue weighted by atomic mass is 79.9. The number of hydrogen-bond donors (Lipinski definition) is 0. The van der Waals surface area contributed by atoms with E-state index in [9.17, 15) is 0 Å². The van der Waals surface area contributed by atoms with E-state index < -0.39 is 0 Å². The molecule has 1 saturated carbocycles. The van der Waals surface area contributed by atoms with E-state index in [2.05, 4.69) is 34.2 Å². The summed E-state index contributed by atoms with van der Waals surface area (Å²) in [7, 11) is 0. The van der Waals surface area contributed by atoms with Crippen LogP contribution in [0.4, 0.5) is 0 Å². The average molecular weight is 227 g/mol. The van der Waals surface area contributed by atoms with Crippen molar-refractivity contribution < 1.29 is 0 Å². The van der Waals surface area contributed by atoms with Crippen molar-refractivity contribution in [2.45, 2.75) is 36.9 Å². The van der Waals surface area contributed by atoms with E-state index in [0.717, 1.165) is 5.92 Å². The van der Waals surface area contributed by atoms with Crippen LogP contribution in [-0.2, 0) is 0 Å². The molecular weight excluding hydrogens is 212 g/mol. The number of allylic oxidation sites excluding steroid dienone is 4. The smallest absolute Gasteiger partial charge is 0.0360 e. The Morgan fingerprint density at radius 1 is 1.25 bits per heavy atom. The lowest BCUT2D eigenvalue weighted by Gasteiger charge is -2.21. The van der Waals surface area contributed by atoms with Gasteiger partial charge in [0.05, 0.1) is 0 Å². The number of rotatable bonds is 0. The molecule has 0 aromatic rings. The molecule has 12 heavy (non-hydrogen) atoms. The van der Waals surface area contributed by atoms with Crippen LogP contribution in [0.2, 0.25) is 0 Å². The first-order valence-electron chi connectivity index (χ1n) is 4.88. The van der Waals surface area contributed by atoms with Crippen molar-refractivity contribution in [2.24, 2.45) is 5.92 Å². The van der Waals surface area contributed by atoms with Gasteiger partial charge in [-0.25, -0.2) is 0 Å². The Morgan fingerprint density at radius 3 is 3.00 bits per heavy atom. The standard InChI is InChI=1S/C11H15Br/c12-11-8-4-2-6-9-5-1-3-7-10(9)11/h1,3,7,9,11H,2,4-6,8H2. The summed E-state index contributed by atoms with van der Waals surface area (Å²) in [5, 5.41) is 0. The van der Waals surface area contributed by atoms with E-state index in [0.29, 0.717) is 4.83 Å². The summed E-state index contributed by atoms with van der Waals surface area (Å²) in [5.41, 5.74) is 1.65. The van der Waals surface area contributed by atoms with E-state index in [4.69, 9.17) is 0 Å². The maximum atomic E-state index is 3.78. The Bertz CT molecular complexity index is 215. The van der Waals surface area contributed by atoms with E-state index in [1.807, 2.05) is 0 Å². The highest BCUT2D eigenvalue weighted by molar-refractivity contribution is 9.09. The van der Waals surface area contributed by atoms with Gasteiger partial charge in [0, 0.05) is 4.83 Å². The molecular formula is C11H15Br. The van der Waals surface area contributed by atoms with Crippen molar-refractivity contribution in [1.29, 1.82) is 0 Å². The van der Waals surface area contributed by atoms with Crippen molar-refractivity contribution in [3.63, 3.8) is 0 Å². The Labute approximate surface area is 82.9 Å². The summed E-state index contributed by atoms with van der Waals surface area (Å²) in [6, 6.07) is 0. The molecule has 2 aliphatic rings. The first kappa shape index (κ1) is 8.55. The van der Waals surface area contributed by atoms with Crippen molar-refractivity contribution >= 4 is 15.9 Å². The van der Waals surface area contributed by atoms with Crippen molar-refractivity contribution in [2.75, 3.05) is 0 Å². The molecule has 0 saturated heterocycles. The summed E-state index contributed by atoms with van der Waals surface area (Å²) in [6.45, 7) is 0. The second-order valence-corrected chi connectivity index (χ2v) is 4.88. The van der Waals surface area contributed by atoms with Crippen molar-refractivity contribution in [3.05, 3.63) is 23.8 Å². The Kier molecular flexibility index (Phi) is 2.69. The lowest BCUT2D eigenvalue weighted by Crippen LogP contribution is -2.11. The lowest BCUT2D eigenvalue weighted by molar-refractivity contribution is 0.552. The fourth-order valence-electron chi connectivity index (χ4n) is 2.22. The van der Waals surface area contributed by atoms with Crippen LogP contribution in [0.3, 0.4) is 0 Å². The summed E-state index contributed by atoms with van der Waals surface area (Å²) in [4.78, 5) is 0.662. The minimum Gasteiger partial charge on any atom is -0.0842 e. The third kappa shape index (κ3) is 1.66. The molecule has 0 aromatic carbocycles. The van der Waals surface area contributed by atoms with Gasteiger partial charge in [-0.1, -0.05) is 52.6 Å². The maximum Gasteiger partial charge on any atom is 0.0360 e. The molecule has 1 fully saturated rings. The van der Waals surface area contributed by atoms with Gasteiger partial charge in [-0.05, 0) is 25.2 Å². The van der Waals surface area contributed by atoms with Crippen LogP contribution in [-0.4, -0.2) is 4.83 Å². The molecule has 2 aliphatic carbocycles. The van der Waals surface area contributed by atoms with Crippen LogP contribution in [0.5, 0.6) is 0 Å². The molecule has 2 rings (SSSR count). The van der Waals surface area contributed by atoms with Gasteiger partial charge in [0.1, 0.15) is 0 Å². The van der Waals surface area contributed by atoms with Gasteiger partial charge in [-0.3, -0.25) is 0 Å². The monoisotopic (exact) mass is 226 g/mol. The van der Waals surface area contributed by atoms with Crippen LogP contribution in [0, 0.1) is 5.92 Å². The molecule has 0 aliphatic heterocycles. The topological polar surface area (TPSA) is 0 Å². The van der Waals surface area contributed by atoms with E-state index in [1.54, 1.807) is 5.57 Å². The van der Waals surface area contributed by atoms with Crippen LogP contribution < -0.4 is 0 Å². The van der Waals surface area contributed by atoms with Crippen molar-refractivity contribution in [1.82, 2.24) is 0 Å². The van der Waals surface area contributed by atoms with E-state index >= 15 is 0 Å².